The van der Waals surface area contributed by atoms with E-state index >= 15 is 0 Å². The molecule has 0 amide bonds. The Morgan fingerprint density at radius 1 is 1.46 bits per heavy atom. The largest absolute Gasteiger partial charge is 0.315 e. The van der Waals surface area contributed by atoms with E-state index in [0.29, 0.717) is 0 Å². The minimum Gasteiger partial charge on any atom is -0.315 e. The summed E-state index contributed by atoms with van der Waals surface area (Å²) in [7, 11) is 2.03. The Bertz CT molecular complexity index is 226. The van der Waals surface area contributed by atoms with Crippen molar-refractivity contribution in [1.82, 2.24) is 5.32 Å². The maximum atomic E-state index is 3.32. The van der Waals surface area contributed by atoms with Crippen LogP contribution < -0.4 is 5.32 Å². The van der Waals surface area contributed by atoms with Crippen LogP contribution in [0, 0.1) is 0 Å². The zero-order valence-electron chi connectivity index (χ0n) is 8.76. The lowest BCUT2D eigenvalue weighted by molar-refractivity contribution is 0.382. The molecule has 1 N–H and O–H groups in total. The summed E-state index contributed by atoms with van der Waals surface area (Å²) in [5, 5.41) is 7.72. The average molecular weight is 197 g/mol. The third-order valence-electron chi connectivity index (χ3n) is 2.52. The number of rotatable bonds is 5. The molecule has 1 rings (SSSR count). The molecule has 0 saturated heterocycles. The summed E-state index contributed by atoms with van der Waals surface area (Å²) >= 11 is 1.79. The number of nitrogens with one attached hydrogen (secondary N) is 1. The average Bonchev–Trinajstić information content (AvgIpc) is 2.57. The van der Waals surface area contributed by atoms with Crippen molar-refractivity contribution in [1.29, 1.82) is 0 Å². The summed E-state index contributed by atoms with van der Waals surface area (Å²) < 4.78 is 0. The Kier molecular flexibility index (Phi) is 3.94. The van der Waals surface area contributed by atoms with Gasteiger partial charge in [0.1, 0.15) is 0 Å². The molecule has 0 atom stereocenters. The fourth-order valence-corrected chi connectivity index (χ4v) is 2.00. The first-order valence-corrected chi connectivity index (χ1v) is 5.78. The van der Waals surface area contributed by atoms with Crippen molar-refractivity contribution in [3.63, 3.8) is 0 Å². The van der Waals surface area contributed by atoms with E-state index in [1.807, 2.05) is 7.05 Å². The monoisotopic (exact) mass is 197 g/mol. The van der Waals surface area contributed by atoms with E-state index in [1.165, 1.54) is 24.8 Å². The van der Waals surface area contributed by atoms with Crippen molar-refractivity contribution in [2.75, 3.05) is 7.05 Å². The highest BCUT2D eigenvalue weighted by molar-refractivity contribution is 7.07. The molecule has 13 heavy (non-hydrogen) atoms. The van der Waals surface area contributed by atoms with Crippen LogP contribution in [0.15, 0.2) is 16.8 Å². The van der Waals surface area contributed by atoms with Crippen molar-refractivity contribution < 1.29 is 0 Å². The normalized spacial score (nSPS) is 11.9. The molecule has 2 heteroatoms. The molecule has 74 valence electrons. The number of hydrogen-bond donors (Lipinski definition) is 1. The summed E-state index contributed by atoms with van der Waals surface area (Å²) in [6.07, 6.45) is 3.72. The molecule has 0 bridgehead atoms. The molecule has 0 aromatic carbocycles. The van der Waals surface area contributed by atoms with Crippen molar-refractivity contribution in [3.05, 3.63) is 22.4 Å². The fourth-order valence-electron chi connectivity index (χ4n) is 1.29. The second kappa shape index (κ2) is 4.77. The van der Waals surface area contributed by atoms with E-state index in [9.17, 15) is 0 Å². The van der Waals surface area contributed by atoms with Gasteiger partial charge in [0.05, 0.1) is 0 Å². The zero-order valence-corrected chi connectivity index (χ0v) is 9.58. The quantitative estimate of drug-likeness (QED) is 0.765. The summed E-state index contributed by atoms with van der Waals surface area (Å²) in [5.74, 6) is 0. The molecule has 0 spiro atoms. The molecule has 1 aromatic heterocycles. The summed E-state index contributed by atoms with van der Waals surface area (Å²) in [5.41, 5.74) is 1.77. The molecule has 0 aliphatic rings. The van der Waals surface area contributed by atoms with Gasteiger partial charge in [-0.05, 0) is 62.5 Å². The minimum absolute atomic E-state index is 0.288. The van der Waals surface area contributed by atoms with Gasteiger partial charge in [0.2, 0.25) is 0 Å². The van der Waals surface area contributed by atoms with Crippen molar-refractivity contribution >= 4 is 11.3 Å². The third-order valence-corrected chi connectivity index (χ3v) is 3.26. The highest BCUT2D eigenvalue weighted by Crippen LogP contribution is 2.15. The lowest BCUT2D eigenvalue weighted by Gasteiger charge is -2.23. The first-order chi connectivity index (χ1) is 6.14. The van der Waals surface area contributed by atoms with Gasteiger partial charge in [-0.1, -0.05) is 0 Å². The van der Waals surface area contributed by atoms with Crippen molar-refractivity contribution in [2.24, 2.45) is 0 Å². The maximum absolute atomic E-state index is 3.32. The third kappa shape index (κ3) is 3.92. The van der Waals surface area contributed by atoms with Gasteiger partial charge in [-0.15, -0.1) is 0 Å². The minimum atomic E-state index is 0.288. The molecule has 0 unspecified atom stereocenters. The molecular formula is C11H19NS. The SMILES string of the molecule is CNC(C)(C)CCCc1ccsc1. The predicted molar refractivity (Wildman–Crippen MR) is 60.4 cm³/mol. The zero-order chi connectivity index (χ0) is 9.73. The summed E-state index contributed by atoms with van der Waals surface area (Å²) in [6, 6.07) is 2.22. The maximum Gasteiger partial charge on any atom is 0.0122 e. The highest BCUT2D eigenvalue weighted by Gasteiger charge is 2.13. The molecule has 0 saturated carbocycles. The summed E-state index contributed by atoms with van der Waals surface area (Å²) in [4.78, 5) is 0. The van der Waals surface area contributed by atoms with E-state index in [1.54, 1.807) is 11.3 Å². The topological polar surface area (TPSA) is 12.0 Å². The predicted octanol–water partition coefficient (Wildman–Crippen LogP) is 3.07. The van der Waals surface area contributed by atoms with Gasteiger partial charge in [0.25, 0.3) is 0 Å². The Hall–Kier alpha value is -0.340. The van der Waals surface area contributed by atoms with Crippen LogP contribution in [0.2, 0.25) is 0 Å². The second-order valence-electron chi connectivity index (χ2n) is 4.12. The van der Waals surface area contributed by atoms with Gasteiger partial charge in [0.15, 0.2) is 0 Å². The van der Waals surface area contributed by atoms with Crippen LogP contribution in [0.4, 0.5) is 0 Å². The van der Waals surface area contributed by atoms with Crippen LogP contribution in [0.3, 0.4) is 0 Å². The fraction of sp³-hybridized carbons (Fsp3) is 0.636. The highest BCUT2D eigenvalue weighted by atomic mass is 32.1. The molecule has 0 radical (unpaired) electrons. The van der Waals surface area contributed by atoms with E-state index in [4.69, 9.17) is 0 Å². The van der Waals surface area contributed by atoms with Gasteiger partial charge < -0.3 is 5.32 Å². The Morgan fingerprint density at radius 3 is 2.77 bits per heavy atom. The van der Waals surface area contributed by atoms with Gasteiger partial charge >= 0.3 is 0 Å². The number of aryl methyl sites for hydroxylation is 1. The van der Waals surface area contributed by atoms with Gasteiger partial charge in [0, 0.05) is 5.54 Å². The van der Waals surface area contributed by atoms with Crippen LogP contribution in [0.5, 0.6) is 0 Å². The van der Waals surface area contributed by atoms with E-state index in [2.05, 4.69) is 36.0 Å². The standard InChI is InChI=1S/C11H19NS/c1-11(2,12-3)7-4-5-10-6-8-13-9-10/h6,8-9,12H,4-5,7H2,1-3H3. The second-order valence-corrected chi connectivity index (χ2v) is 4.90. The lowest BCUT2D eigenvalue weighted by Crippen LogP contribution is -2.35. The van der Waals surface area contributed by atoms with Gasteiger partial charge in [-0.2, -0.15) is 11.3 Å². The van der Waals surface area contributed by atoms with Crippen molar-refractivity contribution in [2.45, 2.75) is 38.6 Å². The van der Waals surface area contributed by atoms with Gasteiger partial charge in [-0.3, -0.25) is 0 Å². The molecule has 1 heterocycles. The van der Waals surface area contributed by atoms with Crippen LogP contribution in [0.25, 0.3) is 0 Å². The van der Waals surface area contributed by atoms with Crippen molar-refractivity contribution in [3.8, 4) is 0 Å². The molecule has 1 nitrogen and oxygen atoms in total. The number of thiophene rings is 1. The summed E-state index contributed by atoms with van der Waals surface area (Å²) in [6.45, 7) is 4.50. The molecule has 1 aromatic rings. The van der Waals surface area contributed by atoms with E-state index in [-0.39, 0.29) is 5.54 Å². The van der Waals surface area contributed by atoms with E-state index < -0.39 is 0 Å². The smallest absolute Gasteiger partial charge is 0.0122 e. The first-order valence-electron chi connectivity index (χ1n) is 4.84. The Morgan fingerprint density at radius 2 is 2.23 bits per heavy atom. The molecule has 0 aliphatic carbocycles. The molecule has 0 aliphatic heterocycles. The Labute approximate surface area is 85.2 Å². The van der Waals surface area contributed by atoms with Crippen LogP contribution >= 0.6 is 11.3 Å². The van der Waals surface area contributed by atoms with Gasteiger partial charge in [-0.25, -0.2) is 0 Å². The number of hydrogen-bond acceptors (Lipinski definition) is 2. The Balaban J connectivity index is 2.21. The lowest BCUT2D eigenvalue weighted by atomic mass is 9.96. The van der Waals surface area contributed by atoms with Crippen LogP contribution in [-0.4, -0.2) is 12.6 Å². The molecule has 0 fully saturated rings. The first kappa shape index (κ1) is 10.7. The molecular weight excluding hydrogens is 178 g/mol. The van der Waals surface area contributed by atoms with Crippen LogP contribution in [-0.2, 0) is 6.42 Å². The van der Waals surface area contributed by atoms with E-state index in [0.717, 1.165) is 0 Å². The van der Waals surface area contributed by atoms with Crippen LogP contribution in [0.1, 0.15) is 32.3 Å².